The number of hydrogen-bond donors (Lipinski definition) is 0. The molecule has 0 aromatic heterocycles. The van der Waals surface area contributed by atoms with Crippen molar-refractivity contribution in [2.75, 3.05) is 4.90 Å². The van der Waals surface area contributed by atoms with Gasteiger partial charge in [0, 0.05) is 12.5 Å². The van der Waals surface area contributed by atoms with Crippen LogP contribution in [0.2, 0.25) is 0 Å². The lowest BCUT2D eigenvalue weighted by molar-refractivity contribution is -0.116. The monoisotopic (exact) mass is 285 g/mol. The molecule has 0 bridgehead atoms. The van der Waals surface area contributed by atoms with Crippen molar-refractivity contribution < 1.29 is 14.0 Å². The minimum Gasteiger partial charge on any atom is -0.301 e. The third-order valence-electron chi connectivity index (χ3n) is 2.67. The summed E-state index contributed by atoms with van der Waals surface area (Å²) in [6, 6.07) is 2.08. The SMILES string of the molecule is CC(=O)N1c2cc(Br)c(F)cc2C(=O)C1C. The van der Waals surface area contributed by atoms with Gasteiger partial charge in [-0.1, -0.05) is 0 Å². The molecule has 1 aromatic rings. The normalized spacial score (nSPS) is 18.9. The fraction of sp³-hybridized carbons (Fsp3) is 0.273. The highest BCUT2D eigenvalue weighted by atomic mass is 79.9. The van der Waals surface area contributed by atoms with Crippen molar-refractivity contribution in [3.8, 4) is 0 Å². The maximum absolute atomic E-state index is 13.3. The van der Waals surface area contributed by atoms with Crippen LogP contribution in [0.25, 0.3) is 0 Å². The highest BCUT2D eigenvalue weighted by Crippen LogP contribution is 2.35. The van der Waals surface area contributed by atoms with E-state index in [2.05, 4.69) is 15.9 Å². The lowest BCUT2D eigenvalue weighted by atomic mass is 10.1. The number of fused-ring (bicyclic) bond motifs is 1. The molecule has 0 aliphatic carbocycles. The molecule has 0 saturated carbocycles. The minimum absolute atomic E-state index is 0.224. The van der Waals surface area contributed by atoms with E-state index in [4.69, 9.17) is 0 Å². The van der Waals surface area contributed by atoms with E-state index in [1.165, 1.54) is 24.0 Å². The van der Waals surface area contributed by atoms with Crippen LogP contribution in [0.1, 0.15) is 24.2 Å². The highest BCUT2D eigenvalue weighted by molar-refractivity contribution is 9.10. The van der Waals surface area contributed by atoms with E-state index < -0.39 is 11.9 Å². The molecular weight excluding hydrogens is 277 g/mol. The first-order valence-corrected chi connectivity index (χ1v) is 5.56. The largest absolute Gasteiger partial charge is 0.301 e. The molecule has 1 aliphatic rings. The van der Waals surface area contributed by atoms with E-state index in [1.807, 2.05) is 0 Å². The molecule has 1 unspecified atom stereocenters. The lowest BCUT2D eigenvalue weighted by Gasteiger charge is -2.19. The summed E-state index contributed by atoms with van der Waals surface area (Å²) >= 11 is 3.04. The van der Waals surface area contributed by atoms with Crippen LogP contribution in [0.15, 0.2) is 16.6 Å². The molecule has 0 fully saturated rings. The summed E-state index contributed by atoms with van der Waals surface area (Å²) in [5.41, 5.74) is 0.738. The number of halogens is 2. The molecule has 16 heavy (non-hydrogen) atoms. The number of benzene rings is 1. The third kappa shape index (κ3) is 1.46. The van der Waals surface area contributed by atoms with Crippen LogP contribution in [0.3, 0.4) is 0 Å². The number of nitrogens with zero attached hydrogens (tertiary/aromatic N) is 1. The van der Waals surface area contributed by atoms with Crippen LogP contribution in [0, 0.1) is 5.82 Å². The van der Waals surface area contributed by atoms with Crippen LogP contribution in [-0.4, -0.2) is 17.7 Å². The molecule has 2 rings (SSSR count). The number of carbonyl (C=O) groups excluding carboxylic acids is 2. The number of rotatable bonds is 0. The Kier molecular flexibility index (Phi) is 2.58. The second-order valence-corrected chi connectivity index (χ2v) is 4.57. The van der Waals surface area contributed by atoms with Gasteiger partial charge < -0.3 is 4.90 Å². The van der Waals surface area contributed by atoms with Crippen LogP contribution < -0.4 is 4.90 Å². The van der Waals surface area contributed by atoms with E-state index in [1.54, 1.807) is 6.92 Å². The van der Waals surface area contributed by atoms with E-state index in [9.17, 15) is 14.0 Å². The van der Waals surface area contributed by atoms with Gasteiger partial charge in [0.2, 0.25) is 5.91 Å². The Labute approximate surface area is 100 Å². The van der Waals surface area contributed by atoms with Gasteiger partial charge in [0.15, 0.2) is 5.78 Å². The smallest absolute Gasteiger partial charge is 0.224 e. The molecule has 84 valence electrons. The molecule has 0 saturated heterocycles. The molecule has 3 nitrogen and oxygen atoms in total. The molecular formula is C11H9BrFNO2. The van der Waals surface area contributed by atoms with Crippen LogP contribution in [0.4, 0.5) is 10.1 Å². The quantitative estimate of drug-likeness (QED) is 0.735. The zero-order valence-corrected chi connectivity index (χ0v) is 10.3. The van der Waals surface area contributed by atoms with Crippen molar-refractivity contribution in [3.05, 3.63) is 28.0 Å². The summed E-state index contributed by atoms with van der Waals surface area (Å²) in [7, 11) is 0. The van der Waals surface area contributed by atoms with Crippen molar-refractivity contribution in [1.29, 1.82) is 0 Å². The van der Waals surface area contributed by atoms with E-state index in [0.717, 1.165) is 0 Å². The van der Waals surface area contributed by atoms with Gasteiger partial charge in [0.25, 0.3) is 0 Å². The van der Waals surface area contributed by atoms with Gasteiger partial charge in [-0.3, -0.25) is 9.59 Å². The Morgan fingerprint density at radius 1 is 1.50 bits per heavy atom. The zero-order valence-electron chi connectivity index (χ0n) is 8.75. The molecule has 1 aromatic carbocycles. The molecule has 0 spiro atoms. The summed E-state index contributed by atoms with van der Waals surface area (Å²) in [4.78, 5) is 24.6. The van der Waals surface area contributed by atoms with Crippen molar-refractivity contribution in [1.82, 2.24) is 0 Å². The topological polar surface area (TPSA) is 37.4 Å². The van der Waals surface area contributed by atoms with Gasteiger partial charge >= 0.3 is 0 Å². The standard InChI is InChI=1S/C11H9BrFNO2/c1-5-11(16)7-3-9(13)8(12)4-10(7)14(5)6(2)15/h3-5H,1-2H3. The van der Waals surface area contributed by atoms with Gasteiger partial charge in [-0.25, -0.2) is 4.39 Å². The third-order valence-corrected chi connectivity index (χ3v) is 3.28. The predicted molar refractivity (Wildman–Crippen MR) is 61.1 cm³/mol. The van der Waals surface area contributed by atoms with Crippen LogP contribution >= 0.6 is 15.9 Å². The van der Waals surface area contributed by atoms with Crippen molar-refractivity contribution in [2.24, 2.45) is 0 Å². The fourth-order valence-electron chi connectivity index (χ4n) is 1.93. The molecule has 1 amide bonds. The molecule has 5 heteroatoms. The number of carbonyl (C=O) groups is 2. The van der Waals surface area contributed by atoms with Gasteiger partial charge in [-0.15, -0.1) is 0 Å². The first-order chi connectivity index (χ1) is 7.43. The second kappa shape index (κ2) is 3.66. The van der Waals surface area contributed by atoms with Crippen molar-refractivity contribution >= 4 is 33.3 Å². The Morgan fingerprint density at radius 3 is 2.69 bits per heavy atom. The highest BCUT2D eigenvalue weighted by Gasteiger charge is 2.37. The van der Waals surface area contributed by atoms with Crippen molar-refractivity contribution in [2.45, 2.75) is 19.9 Å². The van der Waals surface area contributed by atoms with E-state index in [-0.39, 0.29) is 21.7 Å². The number of amides is 1. The molecule has 1 heterocycles. The fourth-order valence-corrected chi connectivity index (χ4v) is 2.26. The molecule has 1 aliphatic heterocycles. The predicted octanol–water partition coefficient (Wildman–Crippen LogP) is 2.53. The van der Waals surface area contributed by atoms with Gasteiger partial charge in [0.1, 0.15) is 5.82 Å². The lowest BCUT2D eigenvalue weighted by Crippen LogP contribution is -2.36. The van der Waals surface area contributed by atoms with Crippen molar-refractivity contribution in [3.63, 3.8) is 0 Å². The summed E-state index contributed by atoms with van der Waals surface area (Å²) in [5.74, 6) is -0.945. The van der Waals surface area contributed by atoms with Crippen LogP contribution in [0.5, 0.6) is 0 Å². The number of hydrogen-bond acceptors (Lipinski definition) is 2. The maximum atomic E-state index is 13.3. The number of anilines is 1. The average molecular weight is 286 g/mol. The van der Waals surface area contributed by atoms with E-state index in [0.29, 0.717) is 5.69 Å². The van der Waals surface area contributed by atoms with Gasteiger partial charge in [-0.2, -0.15) is 0 Å². The molecule has 0 N–H and O–H groups in total. The second-order valence-electron chi connectivity index (χ2n) is 3.71. The Morgan fingerprint density at radius 2 is 2.12 bits per heavy atom. The number of ketones is 1. The summed E-state index contributed by atoms with van der Waals surface area (Å²) in [5, 5.41) is 0. The molecule has 0 radical (unpaired) electrons. The molecule has 1 atom stereocenters. The first kappa shape index (κ1) is 11.3. The van der Waals surface area contributed by atoms with E-state index >= 15 is 0 Å². The number of Topliss-reactive ketones (excluding diaryl/α,β-unsaturated/α-hetero) is 1. The van der Waals surface area contributed by atoms with Gasteiger partial charge in [-0.05, 0) is 35.0 Å². The summed E-state index contributed by atoms with van der Waals surface area (Å²) in [6.45, 7) is 3.02. The van der Waals surface area contributed by atoms with Gasteiger partial charge in [0.05, 0.1) is 16.2 Å². The Bertz CT molecular complexity index is 501. The summed E-state index contributed by atoms with van der Waals surface area (Å²) < 4.78 is 13.5. The first-order valence-electron chi connectivity index (χ1n) is 4.76. The summed E-state index contributed by atoms with van der Waals surface area (Å²) in [6.07, 6.45) is 0. The minimum atomic E-state index is -0.554. The van der Waals surface area contributed by atoms with Crippen LogP contribution in [-0.2, 0) is 4.79 Å². The Hall–Kier alpha value is -1.23. The Balaban J connectivity index is 2.66. The average Bonchev–Trinajstić information content (AvgIpc) is 2.42. The zero-order chi connectivity index (χ0) is 12.0. The maximum Gasteiger partial charge on any atom is 0.224 e.